The zero-order valence-corrected chi connectivity index (χ0v) is 15.1. The topological polar surface area (TPSA) is 55.8 Å². The van der Waals surface area contributed by atoms with Gasteiger partial charge in [-0.3, -0.25) is 4.79 Å². The number of rotatable bonds is 5. The molecule has 0 aromatic heterocycles. The molecule has 0 saturated carbocycles. The van der Waals surface area contributed by atoms with Crippen LogP contribution in [0.1, 0.15) is 54.0 Å². The van der Waals surface area contributed by atoms with E-state index in [1.165, 1.54) is 0 Å². The summed E-state index contributed by atoms with van der Waals surface area (Å²) in [5.41, 5.74) is 4.39. The van der Waals surface area contributed by atoms with Crippen molar-refractivity contribution in [3.63, 3.8) is 0 Å². The number of aryl methyl sites for hydroxylation is 1. The summed E-state index contributed by atoms with van der Waals surface area (Å²) < 4.78 is 11.8. The molecule has 3 rings (SSSR count). The highest BCUT2D eigenvalue weighted by Crippen LogP contribution is 2.45. The summed E-state index contributed by atoms with van der Waals surface area (Å²) in [6, 6.07) is 5.19. The minimum atomic E-state index is 0.0948. The number of aromatic hydroxyl groups is 1. The van der Waals surface area contributed by atoms with E-state index in [1.807, 2.05) is 33.1 Å². The number of fused-ring (bicyclic) bond motifs is 1. The van der Waals surface area contributed by atoms with Crippen molar-refractivity contribution in [1.29, 1.82) is 0 Å². The van der Waals surface area contributed by atoms with Gasteiger partial charge in [-0.2, -0.15) is 0 Å². The van der Waals surface area contributed by atoms with Crippen molar-refractivity contribution >= 4 is 6.29 Å². The van der Waals surface area contributed by atoms with Gasteiger partial charge < -0.3 is 14.6 Å². The molecule has 0 bridgehead atoms. The molecule has 25 heavy (non-hydrogen) atoms. The summed E-state index contributed by atoms with van der Waals surface area (Å²) in [5, 5.41) is 10.2. The van der Waals surface area contributed by atoms with Crippen LogP contribution >= 0.6 is 0 Å². The lowest BCUT2D eigenvalue weighted by Crippen LogP contribution is -2.02. The van der Waals surface area contributed by atoms with E-state index in [9.17, 15) is 9.90 Å². The minimum absolute atomic E-state index is 0.0948. The van der Waals surface area contributed by atoms with Crippen molar-refractivity contribution < 1.29 is 19.4 Å². The summed E-state index contributed by atoms with van der Waals surface area (Å²) in [6.07, 6.45) is 4.82. The van der Waals surface area contributed by atoms with E-state index in [-0.39, 0.29) is 11.7 Å². The molecule has 0 saturated heterocycles. The molecule has 1 aliphatic carbocycles. The summed E-state index contributed by atoms with van der Waals surface area (Å²) in [5.74, 6) is 2.20. The van der Waals surface area contributed by atoms with Crippen molar-refractivity contribution in [1.82, 2.24) is 0 Å². The van der Waals surface area contributed by atoms with Crippen LogP contribution in [0, 0.1) is 6.92 Å². The maximum Gasteiger partial charge on any atom is 0.233 e. The fourth-order valence-corrected chi connectivity index (χ4v) is 3.66. The SMILES string of the molecule is COc1c(Oc2c(C)cc([C]=O)c3c2CCC3)ccc(O)c1C(C)C. The highest BCUT2D eigenvalue weighted by Gasteiger charge is 2.24. The molecule has 0 aliphatic heterocycles. The van der Waals surface area contributed by atoms with Crippen LogP contribution < -0.4 is 9.47 Å². The fraction of sp³-hybridized carbons (Fsp3) is 0.381. The second-order valence-electron chi connectivity index (χ2n) is 6.77. The lowest BCUT2D eigenvalue weighted by molar-refractivity contribution is 0.363. The van der Waals surface area contributed by atoms with Crippen LogP contribution in [0.25, 0.3) is 0 Å². The quantitative estimate of drug-likeness (QED) is 0.867. The van der Waals surface area contributed by atoms with Crippen molar-refractivity contribution in [3.8, 4) is 23.0 Å². The molecule has 0 spiro atoms. The summed E-state index contributed by atoms with van der Waals surface area (Å²) >= 11 is 0. The highest BCUT2D eigenvalue weighted by atomic mass is 16.5. The zero-order valence-electron chi connectivity index (χ0n) is 15.1. The molecule has 2 aromatic rings. The molecular weight excluding hydrogens is 316 g/mol. The second kappa shape index (κ2) is 6.79. The standard InChI is InChI=1S/C21H23O4/c1-12(2)19-17(23)8-9-18(21(19)24-4)25-20-13(3)10-14(11-22)15-6-5-7-16(15)20/h8-10,12,23H,5-7H2,1-4H3. The Balaban J connectivity index is 2.12. The van der Waals surface area contributed by atoms with Gasteiger partial charge in [-0.25, -0.2) is 0 Å². The van der Waals surface area contributed by atoms with Crippen molar-refractivity contribution in [2.24, 2.45) is 0 Å². The molecule has 4 heteroatoms. The third-order valence-electron chi connectivity index (χ3n) is 4.78. The molecule has 1 N–H and O–H groups in total. The van der Waals surface area contributed by atoms with E-state index in [1.54, 1.807) is 19.2 Å². The number of phenols is 1. The average molecular weight is 339 g/mol. The predicted molar refractivity (Wildman–Crippen MR) is 96.8 cm³/mol. The number of hydrogen-bond donors (Lipinski definition) is 1. The van der Waals surface area contributed by atoms with Crippen LogP contribution in [-0.2, 0) is 17.6 Å². The Morgan fingerprint density at radius 2 is 1.88 bits per heavy atom. The molecular formula is C21H23O4. The van der Waals surface area contributed by atoms with Crippen LogP contribution in [0.3, 0.4) is 0 Å². The van der Waals surface area contributed by atoms with Crippen molar-refractivity contribution in [2.45, 2.75) is 46.0 Å². The van der Waals surface area contributed by atoms with E-state index < -0.39 is 0 Å². The summed E-state index contributed by atoms with van der Waals surface area (Å²) in [7, 11) is 1.58. The van der Waals surface area contributed by atoms with E-state index >= 15 is 0 Å². The first-order valence-corrected chi connectivity index (χ1v) is 8.59. The van der Waals surface area contributed by atoms with Crippen LogP contribution in [0.2, 0.25) is 0 Å². The third kappa shape index (κ3) is 2.97. The monoisotopic (exact) mass is 339 g/mol. The Kier molecular flexibility index (Phi) is 4.71. The normalized spacial score (nSPS) is 13.0. The molecule has 2 aromatic carbocycles. The number of methoxy groups -OCH3 is 1. The van der Waals surface area contributed by atoms with Gasteiger partial charge in [0.2, 0.25) is 6.29 Å². The van der Waals surface area contributed by atoms with Crippen LogP contribution in [0.15, 0.2) is 18.2 Å². The third-order valence-corrected chi connectivity index (χ3v) is 4.78. The van der Waals surface area contributed by atoms with E-state index in [2.05, 4.69) is 0 Å². The van der Waals surface area contributed by atoms with Gasteiger partial charge in [0, 0.05) is 11.1 Å². The molecule has 1 radical (unpaired) electrons. The Morgan fingerprint density at radius 3 is 2.52 bits per heavy atom. The molecule has 0 fully saturated rings. The maximum atomic E-state index is 11.2. The lowest BCUT2D eigenvalue weighted by atomic mass is 9.98. The van der Waals surface area contributed by atoms with E-state index in [0.29, 0.717) is 17.1 Å². The Hall–Kier alpha value is -2.49. The van der Waals surface area contributed by atoms with Gasteiger partial charge in [-0.15, -0.1) is 0 Å². The van der Waals surface area contributed by atoms with Gasteiger partial charge in [-0.1, -0.05) is 13.8 Å². The molecule has 0 atom stereocenters. The smallest absolute Gasteiger partial charge is 0.233 e. The first-order chi connectivity index (χ1) is 12.0. The molecule has 4 nitrogen and oxygen atoms in total. The van der Waals surface area contributed by atoms with Crippen molar-refractivity contribution in [3.05, 3.63) is 46.0 Å². The Morgan fingerprint density at radius 1 is 1.16 bits per heavy atom. The molecule has 0 heterocycles. The maximum absolute atomic E-state index is 11.2. The number of phenolic OH excluding ortho intramolecular Hbond substituents is 1. The van der Waals surface area contributed by atoms with Gasteiger partial charge in [0.15, 0.2) is 11.5 Å². The fourth-order valence-electron chi connectivity index (χ4n) is 3.66. The Bertz CT molecular complexity index is 821. The molecule has 131 valence electrons. The van der Waals surface area contributed by atoms with Crippen molar-refractivity contribution in [2.75, 3.05) is 7.11 Å². The first-order valence-electron chi connectivity index (χ1n) is 8.59. The van der Waals surface area contributed by atoms with Crippen LogP contribution in [0.4, 0.5) is 0 Å². The van der Waals surface area contributed by atoms with E-state index in [0.717, 1.165) is 47.3 Å². The van der Waals surface area contributed by atoms with Crippen LogP contribution in [-0.4, -0.2) is 18.5 Å². The number of carbonyl (C=O) groups excluding carboxylic acids is 1. The van der Waals surface area contributed by atoms with Gasteiger partial charge in [0.05, 0.1) is 7.11 Å². The average Bonchev–Trinajstić information content (AvgIpc) is 3.07. The van der Waals surface area contributed by atoms with Gasteiger partial charge in [0.1, 0.15) is 11.5 Å². The number of hydrogen-bond acceptors (Lipinski definition) is 4. The number of ether oxygens (including phenoxy) is 2. The highest BCUT2D eigenvalue weighted by molar-refractivity contribution is 5.80. The molecule has 0 amide bonds. The zero-order chi connectivity index (χ0) is 18.1. The van der Waals surface area contributed by atoms with Crippen LogP contribution in [0.5, 0.6) is 23.0 Å². The van der Waals surface area contributed by atoms with Gasteiger partial charge in [-0.05, 0) is 67.0 Å². The van der Waals surface area contributed by atoms with Gasteiger partial charge in [0.25, 0.3) is 0 Å². The Labute approximate surface area is 148 Å². The summed E-state index contributed by atoms with van der Waals surface area (Å²) in [4.78, 5) is 11.2. The number of benzene rings is 2. The largest absolute Gasteiger partial charge is 0.508 e. The molecule has 1 aliphatic rings. The predicted octanol–water partition coefficient (Wildman–Crippen LogP) is 4.57. The second-order valence-corrected chi connectivity index (χ2v) is 6.77. The lowest BCUT2D eigenvalue weighted by Gasteiger charge is -2.20. The van der Waals surface area contributed by atoms with Gasteiger partial charge >= 0.3 is 0 Å². The first kappa shape index (κ1) is 17.3. The minimum Gasteiger partial charge on any atom is -0.508 e. The summed E-state index contributed by atoms with van der Waals surface area (Å²) in [6.45, 7) is 5.93. The molecule has 0 unspecified atom stereocenters. The van der Waals surface area contributed by atoms with E-state index in [4.69, 9.17) is 9.47 Å².